The lowest BCUT2D eigenvalue weighted by molar-refractivity contribution is -0.142. The molecule has 2 aliphatic rings. The first-order chi connectivity index (χ1) is 12.9. The number of benzene rings is 2. The van der Waals surface area contributed by atoms with Crippen LogP contribution < -0.4 is 10.2 Å². The fourth-order valence-corrected chi connectivity index (χ4v) is 4.02. The van der Waals surface area contributed by atoms with Gasteiger partial charge in [-0.15, -0.1) is 0 Å². The molecule has 2 fully saturated rings. The Morgan fingerprint density at radius 2 is 1.63 bits per heavy atom. The maximum Gasteiger partial charge on any atom is 0.321 e. The summed E-state index contributed by atoms with van der Waals surface area (Å²) in [4.78, 5) is 38.9. The fraction of sp³-hybridized carbons (Fsp3) is 0.250. The lowest BCUT2D eigenvalue weighted by Crippen LogP contribution is -2.43. The summed E-state index contributed by atoms with van der Waals surface area (Å²) in [6.45, 7) is 1.89. The molecule has 7 heteroatoms. The number of carboxylic acid groups (broad SMARTS) is 1. The van der Waals surface area contributed by atoms with E-state index in [2.05, 4.69) is 5.32 Å². The Morgan fingerprint density at radius 3 is 2.26 bits per heavy atom. The van der Waals surface area contributed by atoms with Crippen LogP contribution in [-0.2, 0) is 14.4 Å². The molecule has 2 aliphatic heterocycles. The van der Waals surface area contributed by atoms with E-state index in [9.17, 15) is 24.6 Å². The maximum atomic E-state index is 13.1. The fourth-order valence-electron chi connectivity index (χ4n) is 4.02. The first kappa shape index (κ1) is 17.2. The number of carbonyl (C=O) groups excluding carboxylic acids is 2. The number of nitrogens with one attached hydrogen (secondary N) is 1. The Hall–Kier alpha value is -3.19. The highest BCUT2D eigenvalue weighted by Gasteiger charge is 2.61. The van der Waals surface area contributed by atoms with Crippen molar-refractivity contribution in [3.8, 4) is 5.75 Å². The van der Waals surface area contributed by atoms with E-state index in [1.165, 1.54) is 6.07 Å². The zero-order chi connectivity index (χ0) is 19.3. The monoisotopic (exact) mass is 366 g/mol. The van der Waals surface area contributed by atoms with Crippen LogP contribution in [0, 0.1) is 18.8 Å². The molecule has 4 atom stereocenters. The Kier molecular flexibility index (Phi) is 3.96. The second kappa shape index (κ2) is 6.21. The molecule has 0 spiro atoms. The van der Waals surface area contributed by atoms with Gasteiger partial charge in [-0.2, -0.15) is 0 Å². The van der Waals surface area contributed by atoms with Crippen LogP contribution in [0.5, 0.6) is 5.75 Å². The van der Waals surface area contributed by atoms with E-state index in [0.29, 0.717) is 11.3 Å². The lowest BCUT2D eigenvalue weighted by atomic mass is 9.86. The smallest absolute Gasteiger partial charge is 0.321 e. The number of para-hydroxylation sites is 1. The van der Waals surface area contributed by atoms with Crippen molar-refractivity contribution in [3.05, 3.63) is 59.7 Å². The topological polar surface area (TPSA) is 107 Å². The standard InChI is InChI=1S/C20H18N2O5/c1-10-6-8-11(9-7-10)22-18(24)14-15(19(22)25)17(20(26)27)21-16(14)12-4-2-3-5-13(12)23/h2-9,14-17,21,23H,1H3,(H,26,27)/t14-,15-,16+,17+/m0/s1. The van der Waals surface area contributed by atoms with Crippen molar-refractivity contribution in [1.29, 1.82) is 0 Å². The van der Waals surface area contributed by atoms with Gasteiger partial charge < -0.3 is 10.2 Å². The Morgan fingerprint density at radius 1 is 1.00 bits per heavy atom. The molecule has 7 nitrogen and oxygen atoms in total. The van der Waals surface area contributed by atoms with E-state index < -0.39 is 41.7 Å². The number of imide groups is 1. The van der Waals surface area contributed by atoms with E-state index in [-0.39, 0.29) is 5.75 Å². The van der Waals surface area contributed by atoms with Crippen molar-refractivity contribution >= 4 is 23.5 Å². The molecule has 2 heterocycles. The zero-order valence-corrected chi connectivity index (χ0v) is 14.5. The van der Waals surface area contributed by atoms with Crippen LogP contribution in [-0.4, -0.2) is 34.0 Å². The molecule has 3 N–H and O–H groups in total. The SMILES string of the molecule is Cc1ccc(N2C(=O)[C@H]3[C@H](C2=O)[C@H](C(=O)O)N[C@@H]3c2ccccc2O)cc1. The molecule has 27 heavy (non-hydrogen) atoms. The second-order valence-corrected chi connectivity index (χ2v) is 6.92. The lowest BCUT2D eigenvalue weighted by Gasteiger charge is -2.22. The molecule has 0 aromatic heterocycles. The minimum atomic E-state index is -1.20. The summed E-state index contributed by atoms with van der Waals surface area (Å²) < 4.78 is 0. The summed E-state index contributed by atoms with van der Waals surface area (Å²) in [6.07, 6.45) is 0. The predicted octanol–water partition coefficient (Wildman–Crippen LogP) is 1.60. The first-order valence-corrected chi connectivity index (χ1v) is 8.61. The molecule has 2 saturated heterocycles. The van der Waals surface area contributed by atoms with Crippen LogP contribution in [0.3, 0.4) is 0 Å². The van der Waals surface area contributed by atoms with Crippen LogP contribution in [0.2, 0.25) is 0 Å². The molecule has 0 bridgehead atoms. The van der Waals surface area contributed by atoms with Crippen LogP contribution in [0.25, 0.3) is 0 Å². The van der Waals surface area contributed by atoms with Crippen LogP contribution in [0.4, 0.5) is 5.69 Å². The third-order valence-electron chi connectivity index (χ3n) is 5.31. The number of carbonyl (C=O) groups is 3. The van der Waals surface area contributed by atoms with Gasteiger partial charge in [0.25, 0.3) is 0 Å². The van der Waals surface area contributed by atoms with Crippen molar-refractivity contribution in [2.24, 2.45) is 11.8 Å². The average Bonchev–Trinajstić information content (AvgIpc) is 3.14. The van der Waals surface area contributed by atoms with Gasteiger partial charge >= 0.3 is 5.97 Å². The van der Waals surface area contributed by atoms with Crippen LogP contribution in [0.1, 0.15) is 17.2 Å². The van der Waals surface area contributed by atoms with Crippen molar-refractivity contribution in [2.45, 2.75) is 19.0 Å². The normalized spacial score (nSPS) is 27.1. The summed E-state index contributed by atoms with van der Waals surface area (Å²) in [5, 5.41) is 22.6. The van der Waals surface area contributed by atoms with Crippen molar-refractivity contribution < 1.29 is 24.6 Å². The van der Waals surface area contributed by atoms with E-state index >= 15 is 0 Å². The number of hydrogen-bond acceptors (Lipinski definition) is 5. The van der Waals surface area contributed by atoms with Gasteiger partial charge in [0.2, 0.25) is 11.8 Å². The zero-order valence-electron chi connectivity index (χ0n) is 14.5. The summed E-state index contributed by atoms with van der Waals surface area (Å²) in [5.74, 6) is -4.16. The molecule has 0 saturated carbocycles. The molecular formula is C20H18N2O5. The number of amides is 2. The number of fused-ring (bicyclic) bond motifs is 1. The number of aliphatic carboxylic acids is 1. The van der Waals surface area contributed by atoms with Crippen LogP contribution in [0.15, 0.2) is 48.5 Å². The highest BCUT2D eigenvalue weighted by atomic mass is 16.4. The third kappa shape index (κ3) is 2.59. The Balaban J connectivity index is 1.79. The molecule has 0 aliphatic carbocycles. The Labute approximate surface area is 155 Å². The quantitative estimate of drug-likeness (QED) is 0.713. The maximum absolute atomic E-state index is 13.1. The molecule has 2 amide bonds. The van der Waals surface area contributed by atoms with Gasteiger partial charge in [0, 0.05) is 11.6 Å². The number of carboxylic acids is 1. The minimum Gasteiger partial charge on any atom is -0.508 e. The van der Waals surface area contributed by atoms with E-state index in [4.69, 9.17) is 0 Å². The highest BCUT2D eigenvalue weighted by molar-refractivity contribution is 6.23. The van der Waals surface area contributed by atoms with Crippen molar-refractivity contribution in [1.82, 2.24) is 5.32 Å². The first-order valence-electron chi connectivity index (χ1n) is 8.61. The molecule has 4 rings (SSSR count). The summed E-state index contributed by atoms with van der Waals surface area (Å²) >= 11 is 0. The number of aryl methyl sites for hydroxylation is 1. The molecule has 0 radical (unpaired) electrons. The van der Waals surface area contributed by atoms with Gasteiger partial charge in [-0.3, -0.25) is 19.7 Å². The van der Waals surface area contributed by atoms with Gasteiger partial charge in [0.1, 0.15) is 11.8 Å². The van der Waals surface area contributed by atoms with Crippen molar-refractivity contribution in [2.75, 3.05) is 4.90 Å². The molecule has 0 unspecified atom stereocenters. The summed E-state index contributed by atoms with van der Waals surface area (Å²) in [6, 6.07) is 11.4. The van der Waals surface area contributed by atoms with Gasteiger partial charge in [0.05, 0.1) is 17.5 Å². The van der Waals surface area contributed by atoms with E-state index in [1.54, 1.807) is 42.5 Å². The number of nitrogens with zero attached hydrogens (tertiary/aromatic N) is 1. The van der Waals surface area contributed by atoms with Gasteiger partial charge in [-0.25, -0.2) is 4.90 Å². The largest absolute Gasteiger partial charge is 0.508 e. The number of phenolic OH excluding ortho intramolecular Hbond substituents is 1. The molecule has 2 aromatic rings. The number of rotatable bonds is 3. The minimum absolute atomic E-state index is 0.0474. The van der Waals surface area contributed by atoms with Gasteiger partial charge in [-0.05, 0) is 25.1 Å². The predicted molar refractivity (Wildman–Crippen MR) is 96.1 cm³/mol. The van der Waals surface area contributed by atoms with Crippen LogP contribution >= 0.6 is 0 Å². The molecule has 138 valence electrons. The number of hydrogen-bond donors (Lipinski definition) is 3. The van der Waals surface area contributed by atoms with E-state index in [0.717, 1.165) is 10.5 Å². The molecule has 2 aromatic carbocycles. The average molecular weight is 366 g/mol. The van der Waals surface area contributed by atoms with Gasteiger partial charge in [-0.1, -0.05) is 35.9 Å². The van der Waals surface area contributed by atoms with E-state index in [1.807, 2.05) is 6.92 Å². The number of aromatic hydroxyl groups is 1. The van der Waals surface area contributed by atoms with Crippen molar-refractivity contribution in [3.63, 3.8) is 0 Å². The number of phenols is 1. The second-order valence-electron chi connectivity index (χ2n) is 6.92. The van der Waals surface area contributed by atoms with Gasteiger partial charge in [0.15, 0.2) is 0 Å². The summed E-state index contributed by atoms with van der Waals surface area (Å²) in [5.41, 5.74) is 1.81. The molecular weight excluding hydrogens is 348 g/mol. The Bertz CT molecular complexity index is 940. The number of anilines is 1. The highest BCUT2D eigenvalue weighted by Crippen LogP contribution is 2.46. The summed E-state index contributed by atoms with van der Waals surface area (Å²) in [7, 11) is 0. The third-order valence-corrected chi connectivity index (χ3v) is 5.31.